The second-order valence-electron chi connectivity index (χ2n) is 11.3. The van der Waals surface area contributed by atoms with Gasteiger partial charge in [0.2, 0.25) is 0 Å². The summed E-state index contributed by atoms with van der Waals surface area (Å²) in [7, 11) is 1.48. The fourth-order valence-electron chi connectivity index (χ4n) is 6.16. The highest BCUT2D eigenvalue weighted by Gasteiger charge is 2.25. The van der Waals surface area contributed by atoms with Crippen molar-refractivity contribution in [3.05, 3.63) is 162 Å². The van der Waals surface area contributed by atoms with Crippen LogP contribution in [0.2, 0.25) is 0 Å². The lowest BCUT2D eigenvalue weighted by atomic mass is 9.89. The van der Waals surface area contributed by atoms with Gasteiger partial charge in [0.05, 0.1) is 0 Å². The van der Waals surface area contributed by atoms with Crippen LogP contribution >= 0.6 is 7.92 Å². The SMILES string of the molecule is Cc1cc(C)c(-c2c(CN(C)[C@@H](C)c3ccccc3)ccc3ccccc23)c(P(c2ccccc2)c2ccccc2)c1. The first-order valence-electron chi connectivity index (χ1n) is 14.8. The molecule has 0 radical (unpaired) electrons. The molecule has 42 heavy (non-hydrogen) atoms. The van der Waals surface area contributed by atoms with Gasteiger partial charge in [0.25, 0.3) is 0 Å². The molecule has 0 N–H and O–H groups in total. The molecule has 1 nitrogen and oxygen atoms in total. The maximum Gasteiger partial charge on any atom is 0.0320 e. The largest absolute Gasteiger partial charge is 0.295 e. The Labute approximate surface area is 252 Å². The first kappa shape index (κ1) is 28.1. The van der Waals surface area contributed by atoms with Crippen LogP contribution in [-0.4, -0.2) is 11.9 Å². The van der Waals surface area contributed by atoms with Crippen molar-refractivity contribution < 1.29 is 0 Å². The molecule has 0 aliphatic rings. The Hall–Kier alpha value is -4.03. The Morgan fingerprint density at radius 2 is 1.19 bits per heavy atom. The molecule has 0 amide bonds. The first-order chi connectivity index (χ1) is 20.5. The molecule has 1 atom stereocenters. The zero-order valence-electron chi connectivity index (χ0n) is 25.0. The molecule has 0 aromatic heterocycles. The van der Waals surface area contributed by atoms with Crippen molar-refractivity contribution in [2.75, 3.05) is 7.05 Å². The number of nitrogens with zero attached hydrogens (tertiary/aromatic N) is 1. The minimum Gasteiger partial charge on any atom is -0.295 e. The predicted molar refractivity (Wildman–Crippen MR) is 184 cm³/mol. The third-order valence-electron chi connectivity index (χ3n) is 8.36. The molecule has 2 heteroatoms. The van der Waals surface area contributed by atoms with Crippen molar-refractivity contribution in [3.63, 3.8) is 0 Å². The molecule has 6 rings (SSSR count). The van der Waals surface area contributed by atoms with Crippen molar-refractivity contribution in [1.82, 2.24) is 4.90 Å². The highest BCUT2D eigenvalue weighted by atomic mass is 31.1. The zero-order valence-corrected chi connectivity index (χ0v) is 25.9. The third-order valence-corrected chi connectivity index (χ3v) is 10.8. The predicted octanol–water partition coefficient (Wildman–Crippen LogP) is 9.07. The van der Waals surface area contributed by atoms with Gasteiger partial charge in [0, 0.05) is 12.6 Å². The van der Waals surface area contributed by atoms with Crippen molar-refractivity contribution in [2.24, 2.45) is 0 Å². The van der Waals surface area contributed by atoms with Crippen LogP contribution in [0.15, 0.2) is 140 Å². The zero-order chi connectivity index (χ0) is 29.1. The van der Waals surface area contributed by atoms with E-state index in [1.807, 2.05) is 0 Å². The number of hydrogen-bond donors (Lipinski definition) is 0. The van der Waals surface area contributed by atoms with Crippen molar-refractivity contribution in [1.29, 1.82) is 0 Å². The molecule has 0 saturated carbocycles. The molecule has 0 unspecified atom stereocenters. The van der Waals surface area contributed by atoms with Gasteiger partial charge < -0.3 is 0 Å². The van der Waals surface area contributed by atoms with Crippen LogP contribution in [0.1, 0.15) is 35.2 Å². The Morgan fingerprint density at radius 1 is 0.619 bits per heavy atom. The summed E-state index contributed by atoms with van der Waals surface area (Å²) >= 11 is 0. The van der Waals surface area contributed by atoms with Gasteiger partial charge in [-0.15, -0.1) is 0 Å². The molecular weight excluding hydrogens is 525 g/mol. The number of fused-ring (bicyclic) bond motifs is 1. The monoisotopic (exact) mass is 563 g/mol. The van der Waals surface area contributed by atoms with Crippen LogP contribution in [0.25, 0.3) is 21.9 Å². The summed E-state index contributed by atoms with van der Waals surface area (Å²) in [5.41, 5.74) is 8.09. The van der Waals surface area contributed by atoms with E-state index in [1.165, 1.54) is 60.1 Å². The molecule has 0 saturated heterocycles. The summed E-state index contributed by atoms with van der Waals surface area (Å²) in [5.74, 6) is 0. The van der Waals surface area contributed by atoms with E-state index in [9.17, 15) is 0 Å². The quantitative estimate of drug-likeness (QED) is 0.167. The second kappa shape index (κ2) is 12.5. The molecule has 0 bridgehead atoms. The van der Waals surface area contributed by atoms with Crippen molar-refractivity contribution in [3.8, 4) is 11.1 Å². The fraction of sp³-hybridized carbons (Fsp3) is 0.150. The molecule has 0 spiro atoms. The molecule has 6 aromatic rings. The average molecular weight is 564 g/mol. The van der Waals surface area contributed by atoms with Crippen LogP contribution < -0.4 is 15.9 Å². The smallest absolute Gasteiger partial charge is 0.0320 e. The first-order valence-corrected chi connectivity index (χ1v) is 16.1. The summed E-state index contributed by atoms with van der Waals surface area (Å²) in [6.07, 6.45) is 0. The summed E-state index contributed by atoms with van der Waals surface area (Å²) in [6, 6.07) is 51.7. The Kier molecular flexibility index (Phi) is 8.34. The summed E-state index contributed by atoms with van der Waals surface area (Å²) in [4.78, 5) is 2.48. The highest BCUT2D eigenvalue weighted by Crippen LogP contribution is 2.42. The molecule has 0 aliphatic carbocycles. The maximum absolute atomic E-state index is 2.48. The van der Waals surface area contributed by atoms with E-state index in [0.29, 0.717) is 6.04 Å². The van der Waals surface area contributed by atoms with Gasteiger partial charge in [-0.2, -0.15) is 0 Å². The minimum atomic E-state index is -0.773. The summed E-state index contributed by atoms with van der Waals surface area (Å²) < 4.78 is 0. The highest BCUT2D eigenvalue weighted by molar-refractivity contribution is 7.80. The van der Waals surface area contributed by atoms with Gasteiger partial charge in [0.15, 0.2) is 0 Å². The molecule has 208 valence electrons. The van der Waals surface area contributed by atoms with Crippen LogP contribution in [0.3, 0.4) is 0 Å². The number of benzene rings is 6. The molecule has 0 fully saturated rings. The van der Waals surface area contributed by atoms with E-state index in [2.05, 4.69) is 172 Å². The van der Waals surface area contributed by atoms with Crippen LogP contribution in [0.5, 0.6) is 0 Å². The maximum atomic E-state index is 2.48. The van der Waals surface area contributed by atoms with Gasteiger partial charge in [0.1, 0.15) is 0 Å². The van der Waals surface area contributed by atoms with Gasteiger partial charge in [-0.25, -0.2) is 0 Å². The Balaban J connectivity index is 1.59. The van der Waals surface area contributed by atoms with Gasteiger partial charge >= 0.3 is 0 Å². The summed E-state index contributed by atoms with van der Waals surface area (Å²) in [5, 5.41) is 6.78. The molecule has 0 heterocycles. The standard InChI is InChI=1S/C40H38NP/c1-29-26-30(2)39(38(27-29)42(35-19-10-6-11-20-35)36-21-12-7-13-22-36)40-34(25-24-33-18-14-15-23-37(33)40)28-41(4)31(3)32-16-8-5-9-17-32/h5-27,31H,28H2,1-4H3/t31-/m0/s1. The van der Waals surface area contributed by atoms with E-state index in [-0.39, 0.29) is 0 Å². The van der Waals surface area contributed by atoms with Crippen molar-refractivity contribution in [2.45, 2.75) is 33.4 Å². The third kappa shape index (κ3) is 5.68. The number of rotatable bonds is 8. The number of hydrogen-bond acceptors (Lipinski definition) is 1. The van der Waals surface area contributed by atoms with E-state index in [0.717, 1.165) is 6.54 Å². The molecular formula is C40H38NP. The van der Waals surface area contributed by atoms with Gasteiger partial charge in [-0.1, -0.05) is 145 Å². The van der Waals surface area contributed by atoms with Crippen molar-refractivity contribution >= 4 is 34.6 Å². The second-order valence-corrected chi connectivity index (χ2v) is 13.5. The van der Waals surface area contributed by atoms with Crippen LogP contribution in [-0.2, 0) is 6.54 Å². The van der Waals surface area contributed by atoms with Crippen LogP contribution in [0.4, 0.5) is 0 Å². The van der Waals surface area contributed by atoms with E-state index in [4.69, 9.17) is 0 Å². The fourth-order valence-corrected chi connectivity index (χ4v) is 8.80. The summed E-state index contributed by atoms with van der Waals surface area (Å²) in [6.45, 7) is 7.71. The van der Waals surface area contributed by atoms with E-state index < -0.39 is 7.92 Å². The minimum absolute atomic E-state index is 0.301. The lowest BCUT2D eigenvalue weighted by Gasteiger charge is -2.29. The van der Waals surface area contributed by atoms with E-state index in [1.54, 1.807) is 0 Å². The van der Waals surface area contributed by atoms with Crippen LogP contribution in [0, 0.1) is 13.8 Å². The average Bonchev–Trinajstić information content (AvgIpc) is 3.02. The van der Waals surface area contributed by atoms with Gasteiger partial charge in [-0.05, 0) is 90.2 Å². The van der Waals surface area contributed by atoms with Gasteiger partial charge in [-0.3, -0.25) is 4.90 Å². The topological polar surface area (TPSA) is 3.24 Å². The number of aryl methyl sites for hydroxylation is 2. The molecule has 6 aromatic carbocycles. The Bertz CT molecular complexity index is 1760. The lowest BCUT2D eigenvalue weighted by molar-refractivity contribution is 0.253. The normalized spacial score (nSPS) is 12.2. The lowest BCUT2D eigenvalue weighted by Crippen LogP contribution is -2.25. The molecule has 0 aliphatic heterocycles. The van der Waals surface area contributed by atoms with E-state index >= 15 is 0 Å². The Morgan fingerprint density at radius 3 is 1.83 bits per heavy atom.